The second kappa shape index (κ2) is 4.12. The molecule has 0 atom stereocenters. The van der Waals surface area contributed by atoms with Crippen molar-refractivity contribution < 1.29 is 0 Å². The van der Waals surface area contributed by atoms with Crippen molar-refractivity contribution in [2.45, 2.75) is 25.8 Å². The van der Waals surface area contributed by atoms with Crippen molar-refractivity contribution in [2.75, 3.05) is 11.4 Å². The summed E-state index contributed by atoms with van der Waals surface area (Å²) < 4.78 is 0. The largest absolute Gasteiger partial charge is 0.368 e. The molecule has 78 valence electrons. The maximum atomic E-state index is 9.04. The van der Waals surface area contributed by atoms with Crippen molar-refractivity contribution >= 4 is 17.3 Å². The van der Waals surface area contributed by atoms with Gasteiger partial charge in [0.05, 0.1) is 11.3 Å². The molecule has 0 aromatic heterocycles. The van der Waals surface area contributed by atoms with Gasteiger partial charge in [-0.05, 0) is 38.0 Å². The van der Waals surface area contributed by atoms with Gasteiger partial charge in [-0.25, -0.2) is 0 Å². The van der Waals surface area contributed by atoms with E-state index in [4.69, 9.17) is 16.9 Å². The fraction of sp³-hybridized carbons (Fsp3) is 0.417. The summed E-state index contributed by atoms with van der Waals surface area (Å²) >= 11 is 5.96. The minimum Gasteiger partial charge on any atom is -0.368 e. The van der Waals surface area contributed by atoms with Crippen LogP contribution in [-0.2, 0) is 0 Å². The number of hydrogen-bond acceptors (Lipinski definition) is 2. The van der Waals surface area contributed by atoms with Crippen molar-refractivity contribution in [3.8, 4) is 6.07 Å². The van der Waals surface area contributed by atoms with E-state index in [1.807, 2.05) is 6.07 Å². The molecule has 0 bridgehead atoms. The minimum absolute atomic E-state index is 0.612. The summed E-state index contributed by atoms with van der Waals surface area (Å²) in [4.78, 5) is 2.27. The quantitative estimate of drug-likeness (QED) is 0.782. The van der Waals surface area contributed by atoms with E-state index in [-0.39, 0.29) is 0 Å². The molecule has 2 nitrogen and oxygen atoms in total. The molecule has 0 radical (unpaired) electrons. The number of halogens is 1. The van der Waals surface area contributed by atoms with E-state index in [1.165, 1.54) is 12.8 Å². The van der Waals surface area contributed by atoms with E-state index in [9.17, 15) is 0 Å². The standard InChI is InChI=1S/C12H13ClN2/c1-2-15(11-5-6-11)12-7-10(13)4-3-9(12)8-14/h3-4,7,11H,2,5-6H2,1H3. The number of nitrogens with zero attached hydrogens (tertiary/aromatic N) is 2. The smallest absolute Gasteiger partial charge is 0.101 e. The van der Waals surface area contributed by atoms with E-state index in [1.54, 1.807) is 12.1 Å². The molecule has 1 aromatic carbocycles. The third kappa shape index (κ3) is 2.08. The molecule has 0 heterocycles. The summed E-state index contributed by atoms with van der Waals surface area (Å²) in [6, 6.07) is 8.28. The molecule has 0 N–H and O–H groups in total. The highest BCUT2D eigenvalue weighted by Gasteiger charge is 2.29. The van der Waals surface area contributed by atoms with Crippen molar-refractivity contribution in [1.29, 1.82) is 5.26 Å². The lowest BCUT2D eigenvalue weighted by Crippen LogP contribution is -2.25. The Morgan fingerprint density at radius 2 is 2.27 bits per heavy atom. The Hall–Kier alpha value is -1.20. The van der Waals surface area contributed by atoms with Crippen LogP contribution >= 0.6 is 11.6 Å². The molecule has 1 aromatic rings. The van der Waals surface area contributed by atoms with Crippen LogP contribution in [0.3, 0.4) is 0 Å². The first-order valence-corrected chi connectivity index (χ1v) is 5.60. The zero-order valence-corrected chi connectivity index (χ0v) is 9.46. The van der Waals surface area contributed by atoms with Crippen LogP contribution in [0.1, 0.15) is 25.3 Å². The molecule has 2 rings (SSSR count). The highest BCUT2D eigenvalue weighted by Crippen LogP contribution is 2.34. The van der Waals surface area contributed by atoms with Crippen LogP contribution in [0.25, 0.3) is 0 Å². The van der Waals surface area contributed by atoms with Gasteiger partial charge < -0.3 is 4.90 Å². The summed E-state index contributed by atoms with van der Waals surface area (Å²) in [7, 11) is 0. The molecule has 3 heteroatoms. The fourth-order valence-corrected chi connectivity index (χ4v) is 2.01. The normalized spacial score (nSPS) is 14.7. The van der Waals surface area contributed by atoms with Gasteiger partial charge in [0.15, 0.2) is 0 Å². The number of benzene rings is 1. The Balaban J connectivity index is 2.39. The summed E-state index contributed by atoms with van der Waals surface area (Å²) in [5, 5.41) is 9.73. The van der Waals surface area contributed by atoms with Gasteiger partial charge in [0.2, 0.25) is 0 Å². The summed E-state index contributed by atoms with van der Waals surface area (Å²) in [5.74, 6) is 0. The molecule has 15 heavy (non-hydrogen) atoms. The van der Waals surface area contributed by atoms with Crippen LogP contribution in [0.5, 0.6) is 0 Å². The molecular weight excluding hydrogens is 208 g/mol. The second-order valence-corrected chi connectivity index (χ2v) is 4.23. The molecule has 1 fully saturated rings. The van der Waals surface area contributed by atoms with Crippen LogP contribution in [0, 0.1) is 11.3 Å². The Labute approximate surface area is 95.1 Å². The predicted molar refractivity (Wildman–Crippen MR) is 62.2 cm³/mol. The predicted octanol–water partition coefficient (Wildman–Crippen LogP) is 3.20. The first-order valence-electron chi connectivity index (χ1n) is 5.22. The van der Waals surface area contributed by atoms with Gasteiger partial charge in [-0.2, -0.15) is 5.26 Å². The van der Waals surface area contributed by atoms with Crippen LogP contribution in [-0.4, -0.2) is 12.6 Å². The van der Waals surface area contributed by atoms with Gasteiger partial charge in [0.1, 0.15) is 6.07 Å². The van der Waals surface area contributed by atoms with Crippen LogP contribution < -0.4 is 4.90 Å². The Morgan fingerprint density at radius 1 is 1.53 bits per heavy atom. The number of anilines is 1. The summed E-state index contributed by atoms with van der Waals surface area (Å²) in [5.41, 5.74) is 1.70. The molecule has 0 unspecified atom stereocenters. The van der Waals surface area contributed by atoms with Crippen molar-refractivity contribution in [3.05, 3.63) is 28.8 Å². The van der Waals surface area contributed by atoms with Gasteiger partial charge in [-0.1, -0.05) is 11.6 Å². The van der Waals surface area contributed by atoms with Gasteiger partial charge in [-0.3, -0.25) is 0 Å². The minimum atomic E-state index is 0.612. The maximum Gasteiger partial charge on any atom is 0.101 e. The van der Waals surface area contributed by atoms with E-state index in [0.29, 0.717) is 16.6 Å². The lowest BCUT2D eigenvalue weighted by Gasteiger charge is -2.23. The lowest BCUT2D eigenvalue weighted by atomic mass is 10.1. The maximum absolute atomic E-state index is 9.04. The molecular formula is C12H13ClN2. The number of nitriles is 1. The van der Waals surface area contributed by atoms with Gasteiger partial charge in [-0.15, -0.1) is 0 Å². The van der Waals surface area contributed by atoms with E-state index in [0.717, 1.165) is 12.2 Å². The first-order chi connectivity index (χ1) is 7.26. The van der Waals surface area contributed by atoms with Gasteiger partial charge >= 0.3 is 0 Å². The molecule has 1 aliphatic rings. The SMILES string of the molecule is CCN(c1cc(Cl)ccc1C#N)C1CC1. The lowest BCUT2D eigenvalue weighted by molar-refractivity contribution is 0.825. The molecule has 0 aliphatic heterocycles. The van der Waals surface area contributed by atoms with Gasteiger partial charge in [0, 0.05) is 17.6 Å². The Bertz CT molecular complexity index is 405. The third-order valence-electron chi connectivity index (χ3n) is 2.72. The number of rotatable bonds is 3. The van der Waals surface area contributed by atoms with Crippen molar-refractivity contribution in [2.24, 2.45) is 0 Å². The molecule has 1 aliphatic carbocycles. The Morgan fingerprint density at radius 3 is 2.80 bits per heavy atom. The van der Waals surface area contributed by atoms with Gasteiger partial charge in [0.25, 0.3) is 0 Å². The van der Waals surface area contributed by atoms with Crippen molar-refractivity contribution in [3.63, 3.8) is 0 Å². The zero-order valence-electron chi connectivity index (χ0n) is 8.70. The average molecular weight is 221 g/mol. The molecule has 0 saturated heterocycles. The Kier molecular flexibility index (Phi) is 2.83. The monoisotopic (exact) mass is 220 g/mol. The van der Waals surface area contributed by atoms with E-state index >= 15 is 0 Å². The molecule has 0 spiro atoms. The number of hydrogen-bond donors (Lipinski definition) is 0. The molecule has 1 saturated carbocycles. The van der Waals surface area contributed by atoms with Crippen molar-refractivity contribution in [1.82, 2.24) is 0 Å². The second-order valence-electron chi connectivity index (χ2n) is 3.79. The fourth-order valence-electron chi connectivity index (χ4n) is 1.85. The first kappa shape index (κ1) is 10.3. The van der Waals surface area contributed by atoms with E-state index in [2.05, 4.69) is 17.9 Å². The summed E-state index contributed by atoms with van der Waals surface area (Å²) in [6.07, 6.45) is 2.45. The highest BCUT2D eigenvalue weighted by molar-refractivity contribution is 6.30. The topological polar surface area (TPSA) is 27.0 Å². The average Bonchev–Trinajstić information content (AvgIpc) is 3.04. The van der Waals surface area contributed by atoms with Crippen LogP contribution in [0.4, 0.5) is 5.69 Å². The van der Waals surface area contributed by atoms with Crippen LogP contribution in [0.2, 0.25) is 5.02 Å². The van der Waals surface area contributed by atoms with Crippen LogP contribution in [0.15, 0.2) is 18.2 Å². The molecule has 0 amide bonds. The summed E-state index contributed by atoms with van der Waals surface area (Å²) in [6.45, 7) is 3.04. The highest BCUT2D eigenvalue weighted by atomic mass is 35.5. The van der Waals surface area contributed by atoms with E-state index < -0.39 is 0 Å². The third-order valence-corrected chi connectivity index (χ3v) is 2.95. The zero-order chi connectivity index (χ0) is 10.8.